The van der Waals surface area contributed by atoms with Crippen LogP contribution in [0.25, 0.3) is 5.82 Å². The van der Waals surface area contributed by atoms with Crippen molar-refractivity contribution in [1.29, 1.82) is 0 Å². The maximum atomic E-state index is 5.81. The van der Waals surface area contributed by atoms with Crippen molar-refractivity contribution < 1.29 is 0 Å². The molecule has 0 saturated carbocycles. The summed E-state index contributed by atoms with van der Waals surface area (Å²) in [7, 11) is 0. The molecule has 0 aliphatic heterocycles. The van der Waals surface area contributed by atoms with Gasteiger partial charge in [0.05, 0.1) is 0 Å². The van der Waals surface area contributed by atoms with Gasteiger partial charge < -0.3 is 5.73 Å². The summed E-state index contributed by atoms with van der Waals surface area (Å²) in [5, 5.41) is 0. The number of aromatic nitrogens is 3. The Bertz CT molecular complexity index is 563. The summed E-state index contributed by atoms with van der Waals surface area (Å²) in [6, 6.07) is 2.31. The van der Waals surface area contributed by atoms with Crippen LogP contribution in [-0.2, 0) is 6.42 Å². The van der Waals surface area contributed by atoms with Crippen LogP contribution >= 0.6 is 45.2 Å². The fraction of sp³-hybridized carbons (Fsp3) is 0.333. The molecule has 0 bridgehead atoms. The van der Waals surface area contributed by atoms with Crippen LogP contribution in [0.15, 0.2) is 18.6 Å². The zero-order valence-corrected chi connectivity index (χ0v) is 14.5. The molecule has 2 aromatic rings. The molecule has 0 aromatic carbocycles. The number of nitrogens with zero attached hydrogens (tertiary/aromatic N) is 3. The first kappa shape index (κ1) is 14.2. The van der Waals surface area contributed by atoms with E-state index in [1.165, 1.54) is 5.56 Å². The second kappa shape index (κ2) is 5.83. The van der Waals surface area contributed by atoms with Crippen molar-refractivity contribution in [2.45, 2.75) is 26.3 Å². The number of nitrogens with two attached hydrogens (primary N) is 1. The first-order valence-electron chi connectivity index (χ1n) is 5.59. The minimum Gasteiger partial charge on any atom is -0.328 e. The summed E-state index contributed by atoms with van der Waals surface area (Å²) in [4.78, 5) is 8.82. The predicted molar refractivity (Wildman–Crippen MR) is 88.9 cm³/mol. The SMILES string of the molecule is Cc1cc(CC(C)N)cnc1-n1cnc(I)c1I. The molecule has 2 heterocycles. The summed E-state index contributed by atoms with van der Waals surface area (Å²) >= 11 is 4.50. The summed E-state index contributed by atoms with van der Waals surface area (Å²) in [6.07, 6.45) is 4.56. The molecule has 6 heteroatoms. The Balaban J connectivity index is 2.38. The van der Waals surface area contributed by atoms with Gasteiger partial charge in [-0.3, -0.25) is 4.57 Å². The molecule has 1 atom stereocenters. The lowest BCUT2D eigenvalue weighted by molar-refractivity contribution is 0.734. The van der Waals surface area contributed by atoms with Crippen molar-refractivity contribution in [2.75, 3.05) is 0 Å². The van der Waals surface area contributed by atoms with Crippen LogP contribution in [0.2, 0.25) is 0 Å². The molecule has 0 fully saturated rings. The van der Waals surface area contributed by atoms with Crippen LogP contribution in [0.3, 0.4) is 0 Å². The molecule has 0 aliphatic carbocycles. The zero-order chi connectivity index (χ0) is 13.3. The standard InChI is InChI=1S/C12H14I2N4/c1-7-3-9(4-8(2)15)5-16-12(7)18-6-17-10(13)11(18)14/h3,5-6,8H,4,15H2,1-2H3. The minimum atomic E-state index is 0.159. The van der Waals surface area contributed by atoms with E-state index in [0.29, 0.717) is 0 Å². The van der Waals surface area contributed by atoms with E-state index in [9.17, 15) is 0 Å². The van der Waals surface area contributed by atoms with Gasteiger partial charge in [-0.1, -0.05) is 6.07 Å². The lowest BCUT2D eigenvalue weighted by atomic mass is 10.1. The normalized spacial score (nSPS) is 12.7. The highest BCUT2D eigenvalue weighted by Gasteiger charge is 2.11. The molecule has 96 valence electrons. The lowest BCUT2D eigenvalue weighted by Crippen LogP contribution is -2.18. The highest BCUT2D eigenvalue weighted by atomic mass is 127. The van der Waals surface area contributed by atoms with Gasteiger partial charge in [-0.15, -0.1) is 0 Å². The Morgan fingerprint density at radius 1 is 1.39 bits per heavy atom. The summed E-state index contributed by atoms with van der Waals surface area (Å²) < 4.78 is 4.09. The Kier molecular flexibility index (Phi) is 4.59. The highest BCUT2D eigenvalue weighted by molar-refractivity contribution is 14.1. The first-order valence-corrected chi connectivity index (χ1v) is 7.74. The molecule has 0 radical (unpaired) electrons. The topological polar surface area (TPSA) is 56.7 Å². The van der Waals surface area contributed by atoms with Crippen LogP contribution in [-0.4, -0.2) is 20.6 Å². The third-order valence-corrected chi connectivity index (χ3v) is 5.41. The molecule has 1 unspecified atom stereocenters. The molecule has 0 amide bonds. The Morgan fingerprint density at radius 3 is 2.61 bits per heavy atom. The average Bonchev–Trinajstić information content (AvgIpc) is 2.60. The van der Waals surface area contributed by atoms with E-state index >= 15 is 0 Å². The van der Waals surface area contributed by atoms with Gasteiger partial charge in [-0.2, -0.15) is 0 Å². The van der Waals surface area contributed by atoms with Crippen molar-refractivity contribution >= 4 is 45.2 Å². The second-order valence-corrected chi connectivity index (χ2v) is 6.41. The van der Waals surface area contributed by atoms with E-state index in [2.05, 4.69) is 68.1 Å². The summed E-state index contributed by atoms with van der Waals surface area (Å²) in [5.74, 6) is 0.934. The number of imidazole rings is 1. The molecule has 0 aliphatic rings. The van der Waals surface area contributed by atoms with Crippen LogP contribution in [0.5, 0.6) is 0 Å². The first-order chi connectivity index (χ1) is 8.49. The number of hydrogen-bond acceptors (Lipinski definition) is 3. The third-order valence-electron chi connectivity index (χ3n) is 2.56. The molecule has 4 nitrogen and oxygen atoms in total. The number of hydrogen-bond donors (Lipinski definition) is 1. The molecule has 2 N–H and O–H groups in total. The van der Waals surface area contributed by atoms with E-state index in [1.54, 1.807) is 0 Å². The number of aryl methyl sites for hydroxylation is 1. The molecule has 18 heavy (non-hydrogen) atoms. The summed E-state index contributed by atoms with van der Waals surface area (Å²) in [5.41, 5.74) is 8.12. The van der Waals surface area contributed by atoms with E-state index in [4.69, 9.17) is 5.73 Å². The molecular formula is C12H14I2N4. The van der Waals surface area contributed by atoms with Gasteiger partial charge in [-0.25, -0.2) is 9.97 Å². The van der Waals surface area contributed by atoms with E-state index in [1.807, 2.05) is 24.0 Å². The van der Waals surface area contributed by atoms with Gasteiger partial charge >= 0.3 is 0 Å². The fourth-order valence-corrected chi connectivity index (χ4v) is 2.70. The minimum absolute atomic E-state index is 0.159. The number of halogens is 2. The Hall–Kier alpha value is -0.220. The monoisotopic (exact) mass is 468 g/mol. The van der Waals surface area contributed by atoms with Gasteiger partial charge in [0.25, 0.3) is 0 Å². The highest BCUT2D eigenvalue weighted by Crippen LogP contribution is 2.20. The van der Waals surface area contributed by atoms with Gasteiger partial charge in [0.2, 0.25) is 0 Å². The Morgan fingerprint density at radius 2 is 2.11 bits per heavy atom. The molecular weight excluding hydrogens is 454 g/mol. The second-order valence-electron chi connectivity index (χ2n) is 4.36. The maximum Gasteiger partial charge on any atom is 0.141 e. The number of pyridine rings is 1. The molecule has 0 saturated heterocycles. The third kappa shape index (κ3) is 3.02. The van der Waals surface area contributed by atoms with E-state index < -0.39 is 0 Å². The van der Waals surface area contributed by atoms with Crippen molar-refractivity contribution in [2.24, 2.45) is 5.73 Å². The van der Waals surface area contributed by atoms with Crippen molar-refractivity contribution in [1.82, 2.24) is 14.5 Å². The molecule has 2 aromatic heterocycles. The average molecular weight is 468 g/mol. The van der Waals surface area contributed by atoms with Gasteiger partial charge in [0, 0.05) is 12.2 Å². The van der Waals surface area contributed by atoms with Crippen LogP contribution in [0, 0.1) is 14.3 Å². The van der Waals surface area contributed by atoms with Crippen molar-refractivity contribution in [3.8, 4) is 5.82 Å². The van der Waals surface area contributed by atoms with E-state index in [-0.39, 0.29) is 6.04 Å². The van der Waals surface area contributed by atoms with Crippen LogP contribution in [0.1, 0.15) is 18.1 Å². The fourth-order valence-electron chi connectivity index (χ4n) is 1.82. The smallest absolute Gasteiger partial charge is 0.141 e. The maximum absolute atomic E-state index is 5.81. The van der Waals surface area contributed by atoms with E-state index in [0.717, 1.165) is 25.2 Å². The van der Waals surface area contributed by atoms with Crippen molar-refractivity contribution in [3.63, 3.8) is 0 Å². The largest absolute Gasteiger partial charge is 0.328 e. The van der Waals surface area contributed by atoms with Crippen molar-refractivity contribution in [3.05, 3.63) is 37.1 Å². The summed E-state index contributed by atoms with van der Waals surface area (Å²) in [6.45, 7) is 4.07. The number of rotatable bonds is 3. The van der Waals surface area contributed by atoms with Gasteiger partial charge in [-0.05, 0) is 76.6 Å². The Labute approximate surface area is 134 Å². The van der Waals surface area contributed by atoms with Crippen LogP contribution in [0.4, 0.5) is 0 Å². The predicted octanol–water partition coefficient (Wildman–Crippen LogP) is 2.67. The quantitative estimate of drug-likeness (QED) is 0.706. The molecule has 2 rings (SSSR count). The molecule has 0 spiro atoms. The zero-order valence-electron chi connectivity index (χ0n) is 10.2. The van der Waals surface area contributed by atoms with Gasteiger partial charge in [0.15, 0.2) is 0 Å². The lowest BCUT2D eigenvalue weighted by Gasteiger charge is -2.10. The van der Waals surface area contributed by atoms with Gasteiger partial charge in [0.1, 0.15) is 19.5 Å². The van der Waals surface area contributed by atoms with Crippen LogP contribution < -0.4 is 5.73 Å².